The number of nitro benzene ring substituents is 1. The molecule has 8 nitrogen and oxygen atoms in total. The van der Waals surface area contributed by atoms with E-state index in [0.29, 0.717) is 0 Å². The fourth-order valence-electron chi connectivity index (χ4n) is 2.02. The Balaban J connectivity index is 2.25. The third kappa shape index (κ3) is 3.67. The maximum Gasteiger partial charge on any atom is 0.337 e. The lowest BCUT2D eigenvalue weighted by Gasteiger charge is -2.08. The third-order valence-electron chi connectivity index (χ3n) is 3.18. The number of hydrogen-bond acceptors (Lipinski definition) is 6. The number of nitrogens with one attached hydrogen (secondary N) is 1. The second kappa shape index (κ2) is 7.23. The van der Waals surface area contributed by atoms with Crippen molar-refractivity contribution in [3.05, 3.63) is 63.7 Å². The monoisotopic (exact) mass is 330 g/mol. The predicted molar refractivity (Wildman–Crippen MR) is 85.4 cm³/mol. The van der Waals surface area contributed by atoms with Gasteiger partial charge in [-0.15, -0.1) is 0 Å². The average molecular weight is 330 g/mol. The van der Waals surface area contributed by atoms with Crippen LogP contribution in [-0.4, -0.2) is 31.0 Å². The van der Waals surface area contributed by atoms with E-state index in [1.54, 1.807) is 0 Å². The van der Waals surface area contributed by atoms with Crippen molar-refractivity contribution in [2.24, 2.45) is 0 Å². The van der Waals surface area contributed by atoms with Gasteiger partial charge >= 0.3 is 11.7 Å². The smallest absolute Gasteiger partial charge is 0.337 e. The molecule has 0 aliphatic carbocycles. The standard InChI is InChI=1S/C16H14N2O6/c1-23-14-7-6-12(9-13(14)18(21)22)17-15(19)10-4-3-5-11(8-10)16(20)24-2/h3-9H,1-2H3,(H,17,19). The molecule has 0 atom stereocenters. The van der Waals surface area contributed by atoms with Gasteiger partial charge in [0.1, 0.15) is 0 Å². The highest BCUT2D eigenvalue weighted by molar-refractivity contribution is 6.05. The number of nitrogens with zero attached hydrogens (tertiary/aromatic N) is 1. The van der Waals surface area contributed by atoms with E-state index in [1.165, 1.54) is 56.7 Å². The van der Waals surface area contributed by atoms with Crippen LogP contribution in [-0.2, 0) is 4.74 Å². The van der Waals surface area contributed by atoms with Crippen molar-refractivity contribution in [2.45, 2.75) is 0 Å². The summed E-state index contributed by atoms with van der Waals surface area (Å²) in [6, 6.07) is 10.0. The molecule has 0 aliphatic heterocycles. The molecular formula is C16H14N2O6. The first-order valence-electron chi connectivity index (χ1n) is 6.78. The molecule has 0 fully saturated rings. The number of ether oxygens (including phenoxy) is 2. The molecule has 1 N–H and O–H groups in total. The lowest BCUT2D eigenvalue weighted by Crippen LogP contribution is -2.13. The van der Waals surface area contributed by atoms with Crippen LogP contribution in [0.3, 0.4) is 0 Å². The number of nitro groups is 1. The summed E-state index contributed by atoms with van der Waals surface area (Å²) in [5.74, 6) is -0.990. The van der Waals surface area contributed by atoms with Gasteiger partial charge < -0.3 is 14.8 Å². The number of benzene rings is 2. The predicted octanol–water partition coefficient (Wildman–Crippen LogP) is 2.64. The fourth-order valence-corrected chi connectivity index (χ4v) is 2.02. The summed E-state index contributed by atoms with van der Waals surface area (Å²) in [6.45, 7) is 0. The van der Waals surface area contributed by atoms with Gasteiger partial charge in [0.2, 0.25) is 0 Å². The molecule has 0 saturated heterocycles. The van der Waals surface area contributed by atoms with Crippen molar-refractivity contribution >= 4 is 23.3 Å². The lowest BCUT2D eigenvalue weighted by molar-refractivity contribution is -0.385. The highest BCUT2D eigenvalue weighted by atomic mass is 16.6. The minimum Gasteiger partial charge on any atom is -0.490 e. The molecular weight excluding hydrogens is 316 g/mol. The van der Waals surface area contributed by atoms with Gasteiger partial charge in [0.25, 0.3) is 5.91 Å². The lowest BCUT2D eigenvalue weighted by atomic mass is 10.1. The summed E-state index contributed by atoms with van der Waals surface area (Å²) in [6.07, 6.45) is 0. The van der Waals surface area contributed by atoms with Crippen molar-refractivity contribution in [3.8, 4) is 5.75 Å². The van der Waals surface area contributed by atoms with Crippen LogP contribution in [0.4, 0.5) is 11.4 Å². The molecule has 8 heteroatoms. The van der Waals surface area contributed by atoms with Gasteiger partial charge in [0.15, 0.2) is 5.75 Å². The SMILES string of the molecule is COC(=O)c1cccc(C(=O)Nc2ccc(OC)c([N+](=O)[O-])c2)c1. The summed E-state index contributed by atoms with van der Waals surface area (Å²) >= 11 is 0. The molecule has 0 bridgehead atoms. The van der Waals surface area contributed by atoms with E-state index in [4.69, 9.17) is 4.74 Å². The van der Waals surface area contributed by atoms with Crippen LogP contribution in [0.5, 0.6) is 5.75 Å². The molecule has 124 valence electrons. The zero-order valence-corrected chi connectivity index (χ0v) is 12.9. The number of carbonyl (C=O) groups is 2. The molecule has 0 radical (unpaired) electrons. The molecule has 0 unspecified atom stereocenters. The Morgan fingerprint density at radius 3 is 2.42 bits per heavy atom. The van der Waals surface area contributed by atoms with Gasteiger partial charge in [-0.05, 0) is 30.3 Å². The molecule has 2 aromatic carbocycles. The van der Waals surface area contributed by atoms with E-state index in [-0.39, 0.29) is 28.3 Å². The van der Waals surface area contributed by atoms with Crippen LogP contribution in [0.25, 0.3) is 0 Å². The molecule has 0 aromatic heterocycles. The Morgan fingerprint density at radius 2 is 1.79 bits per heavy atom. The zero-order chi connectivity index (χ0) is 17.7. The van der Waals surface area contributed by atoms with Crippen LogP contribution < -0.4 is 10.1 Å². The van der Waals surface area contributed by atoms with E-state index < -0.39 is 16.8 Å². The van der Waals surface area contributed by atoms with Crippen molar-refractivity contribution in [3.63, 3.8) is 0 Å². The fraction of sp³-hybridized carbons (Fsp3) is 0.125. The van der Waals surface area contributed by atoms with Crippen molar-refractivity contribution in [1.82, 2.24) is 0 Å². The quantitative estimate of drug-likeness (QED) is 0.513. The Hall–Kier alpha value is -3.42. The second-order valence-corrected chi connectivity index (χ2v) is 4.67. The Labute approximate surface area is 137 Å². The molecule has 2 rings (SSSR count). The van der Waals surface area contributed by atoms with Crippen LogP contribution in [0.2, 0.25) is 0 Å². The largest absolute Gasteiger partial charge is 0.490 e. The van der Waals surface area contributed by atoms with Crippen LogP contribution in [0.1, 0.15) is 20.7 Å². The first kappa shape index (κ1) is 16.9. The molecule has 0 saturated carbocycles. The number of carbonyl (C=O) groups excluding carboxylic acids is 2. The van der Waals surface area contributed by atoms with Gasteiger partial charge in [0.05, 0.1) is 24.7 Å². The molecule has 0 heterocycles. The summed E-state index contributed by atoms with van der Waals surface area (Å²) in [5, 5.41) is 13.5. The number of anilines is 1. The van der Waals surface area contributed by atoms with Crippen LogP contribution in [0, 0.1) is 10.1 Å². The first-order chi connectivity index (χ1) is 11.5. The van der Waals surface area contributed by atoms with Crippen LogP contribution in [0.15, 0.2) is 42.5 Å². The average Bonchev–Trinajstić information content (AvgIpc) is 2.60. The third-order valence-corrected chi connectivity index (χ3v) is 3.18. The Kier molecular flexibility index (Phi) is 5.10. The van der Waals surface area contributed by atoms with Crippen LogP contribution >= 0.6 is 0 Å². The van der Waals surface area contributed by atoms with Gasteiger partial charge in [-0.25, -0.2) is 4.79 Å². The second-order valence-electron chi connectivity index (χ2n) is 4.67. The number of rotatable bonds is 5. The van der Waals surface area contributed by atoms with Crippen molar-refractivity contribution < 1.29 is 24.0 Å². The Morgan fingerprint density at radius 1 is 1.08 bits per heavy atom. The van der Waals surface area contributed by atoms with E-state index in [2.05, 4.69) is 10.1 Å². The normalized spacial score (nSPS) is 9.92. The minimum absolute atomic E-state index is 0.0886. The first-order valence-corrected chi connectivity index (χ1v) is 6.78. The van der Waals surface area contributed by atoms with E-state index >= 15 is 0 Å². The topological polar surface area (TPSA) is 108 Å². The van der Waals surface area contributed by atoms with Crippen molar-refractivity contribution in [2.75, 3.05) is 19.5 Å². The van der Waals surface area contributed by atoms with Gasteiger partial charge in [-0.3, -0.25) is 14.9 Å². The Bertz CT molecular complexity index is 803. The molecule has 0 aliphatic rings. The number of esters is 1. The molecule has 1 amide bonds. The highest BCUT2D eigenvalue weighted by Crippen LogP contribution is 2.29. The zero-order valence-electron chi connectivity index (χ0n) is 12.9. The minimum atomic E-state index is -0.605. The van der Waals surface area contributed by atoms with E-state index in [1.807, 2.05) is 0 Å². The maximum absolute atomic E-state index is 12.2. The van der Waals surface area contributed by atoms with E-state index in [9.17, 15) is 19.7 Å². The summed E-state index contributed by atoms with van der Waals surface area (Å²) in [7, 11) is 2.56. The molecule has 0 spiro atoms. The number of hydrogen-bond donors (Lipinski definition) is 1. The van der Waals surface area contributed by atoms with Gasteiger partial charge in [0, 0.05) is 17.3 Å². The van der Waals surface area contributed by atoms with Gasteiger partial charge in [-0.1, -0.05) is 6.07 Å². The summed E-state index contributed by atoms with van der Waals surface area (Å²) < 4.78 is 9.50. The highest BCUT2D eigenvalue weighted by Gasteiger charge is 2.17. The number of amides is 1. The summed E-state index contributed by atoms with van der Waals surface area (Å²) in [5.41, 5.74) is 0.414. The number of methoxy groups -OCH3 is 2. The maximum atomic E-state index is 12.2. The van der Waals surface area contributed by atoms with Crippen molar-refractivity contribution in [1.29, 1.82) is 0 Å². The molecule has 2 aromatic rings. The van der Waals surface area contributed by atoms with Gasteiger partial charge in [-0.2, -0.15) is 0 Å². The van der Waals surface area contributed by atoms with E-state index in [0.717, 1.165) is 0 Å². The summed E-state index contributed by atoms with van der Waals surface area (Å²) in [4.78, 5) is 34.1. The molecule has 24 heavy (non-hydrogen) atoms.